The van der Waals surface area contributed by atoms with Crippen LogP contribution in [0.3, 0.4) is 0 Å². The number of hydrogen-bond donors (Lipinski definition) is 0. The zero-order valence-corrected chi connectivity index (χ0v) is 14.1. The van der Waals surface area contributed by atoms with E-state index in [2.05, 4.69) is 6.58 Å². The van der Waals surface area contributed by atoms with Gasteiger partial charge in [0.25, 0.3) is 0 Å². The van der Waals surface area contributed by atoms with Gasteiger partial charge >= 0.3 is 5.97 Å². The Bertz CT molecular complexity index is 583. The van der Waals surface area contributed by atoms with Crippen LogP contribution in [0, 0.1) is 0 Å². The van der Waals surface area contributed by atoms with Crippen molar-refractivity contribution in [1.82, 2.24) is 4.90 Å². The minimum Gasteiger partial charge on any atom is -0.460 e. The Morgan fingerprint density at radius 1 is 1.26 bits per heavy atom. The lowest BCUT2D eigenvalue weighted by Crippen LogP contribution is -2.31. The van der Waals surface area contributed by atoms with E-state index in [4.69, 9.17) is 4.74 Å². The van der Waals surface area contributed by atoms with Gasteiger partial charge in [-0.3, -0.25) is 4.90 Å². The highest BCUT2D eigenvalue weighted by atomic mass is 16.5. The molecule has 0 saturated heterocycles. The molecule has 0 amide bonds. The smallest absolute Gasteiger partial charge is 0.333 e. The number of ether oxygens (including phenoxy) is 1. The summed E-state index contributed by atoms with van der Waals surface area (Å²) >= 11 is 0. The van der Waals surface area contributed by atoms with Crippen molar-refractivity contribution in [2.45, 2.75) is 13.0 Å². The largest absolute Gasteiger partial charge is 0.460 e. The third kappa shape index (κ3) is 7.43. The van der Waals surface area contributed by atoms with Crippen LogP contribution in [-0.4, -0.2) is 37.6 Å². The fourth-order valence-corrected chi connectivity index (χ4v) is 1.79. The standard InChI is InChI=1S/C20H25NO2/c1-5-6-15-19(21(3)4)16-23-20(22)17(2)11-10-14-18-12-8-7-9-13-18/h5-15,19H,1,16H2,2-4H3. The van der Waals surface area contributed by atoms with Crippen LogP contribution < -0.4 is 0 Å². The van der Waals surface area contributed by atoms with E-state index in [1.165, 1.54) is 0 Å². The van der Waals surface area contributed by atoms with Crippen molar-refractivity contribution >= 4 is 12.0 Å². The van der Waals surface area contributed by atoms with Gasteiger partial charge in [0.1, 0.15) is 6.61 Å². The minimum absolute atomic E-state index is 0.0320. The lowest BCUT2D eigenvalue weighted by Gasteiger charge is -2.20. The zero-order valence-electron chi connectivity index (χ0n) is 14.1. The monoisotopic (exact) mass is 311 g/mol. The quantitative estimate of drug-likeness (QED) is 0.415. The van der Waals surface area contributed by atoms with Gasteiger partial charge in [-0.2, -0.15) is 0 Å². The van der Waals surface area contributed by atoms with Crippen LogP contribution in [0.15, 0.2) is 72.9 Å². The van der Waals surface area contributed by atoms with E-state index in [0.29, 0.717) is 12.2 Å². The second-order valence-electron chi connectivity index (χ2n) is 5.37. The van der Waals surface area contributed by atoms with Gasteiger partial charge in [0.15, 0.2) is 0 Å². The highest BCUT2D eigenvalue weighted by molar-refractivity contribution is 5.88. The van der Waals surface area contributed by atoms with Gasteiger partial charge < -0.3 is 4.74 Å². The predicted molar refractivity (Wildman–Crippen MR) is 97.0 cm³/mol. The van der Waals surface area contributed by atoms with Gasteiger partial charge in [-0.05, 0) is 26.6 Å². The summed E-state index contributed by atoms with van der Waals surface area (Å²) in [6.07, 6.45) is 11.1. The maximum absolute atomic E-state index is 12.0. The minimum atomic E-state index is -0.304. The van der Waals surface area contributed by atoms with Crippen LogP contribution in [0.25, 0.3) is 6.08 Å². The lowest BCUT2D eigenvalue weighted by atomic mass is 10.2. The first-order valence-corrected chi connectivity index (χ1v) is 7.57. The summed E-state index contributed by atoms with van der Waals surface area (Å²) in [4.78, 5) is 14.0. The topological polar surface area (TPSA) is 29.5 Å². The molecule has 0 N–H and O–H groups in total. The first-order chi connectivity index (χ1) is 11.0. The normalized spacial score (nSPS) is 13.7. The predicted octanol–water partition coefficient (Wildman–Crippen LogP) is 3.86. The van der Waals surface area contributed by atoms with Gasteiger partial charge in [0.05, 0.1) is 6.04 Å². The summed E-state index contributed by atoms with van der Waals surface area (Å²) < 4.78 is 5.36. The lowest BCUT2D eigenvalue weighted by molar-refractivity contribution is -0.140. The molecule has 1 aromatic carbocycles. The first-order valence-electron chi connectivity index (χ1n) is 7.57. The van der Waals surface area contributed by atoms with Gasteiger partial charge in [0, 0.05) is 5.57 Å². The van der Waals surface area contributed by atoms with E-state index in [9.17, 15) is 4.79 Å². The van der Waals surface area contributed by atoms with E-state index >= 15 is 0 Å². The Balaban J connectivity index is 2.55. The molecule has 0 aromatic heterocycles. The number of carbonyl (C=O) groups excluding carboxylic acids is 1. The third-order valence-electron chi connectivity index (χ3n) is 3.27. The molecule has 1 atom stereocenters. The maximum Gasteiger partial charge on any atom is 0.333 e. The molecule has 0 radical (unpaired) electrons. The number of carbonyl (C=O) groups is 1. The van der Waals surface area contributed by atoms with Crippen molar-refractivity contribution in [3.05, 3.63) is 78.4 Å². The first kappa shape index (κ1) is 18.7. The molecule has 122 valence electrons. The summed E-state index contributed by atoms with van der Waals surface area (Å²) in [7, 11) is 3.88. The summed E-state index contributed by atoms with van der Waals surface area (Å²) in [5.41, 5.74) is 1.66. The van der Waals surface area contributed by atoms with Crippen molar-refractivity contribution in [2.24, 2.45) is 0 Å². The molecule has 1 rings (SSSR count). The molecule has 1 unspecified atom stereocenters. The zero-order chi connectivity index (χ0) is 17.1. The summed E-state index contributed by atoms with van der Waals surface area (Å²) in [6, 6.07) is 9.96. The number of nitrogens with zero attached hydrogens (tertiary/aromatic N) is 1. The average Bonchev–Trinajstić information content (AvgIpc) is 2.55. The number of benzene rings is 1. The molecule has 0 spiro atoms. The Morgan fingerprint density at radius 2 is 1.96 bits per heavy atom. The third-order valence-corrected chi connectivity index (χ3v) is 3.27. The van der Waals surface area contributed by atoms with Crippen molar-refractivity contribution in [3.8, 4) is 0 Å². The summed E-state index contributed by atoms with van der Waals surface area (Å²) in [5.74, 6) is -0.304. The fourth-order valence-electron chi connectivity index (χ4n) is 1.79. The highest BCUT2D eigenvalue weighted by Gasteiger charge is 2.11. The van der Waals surface area contributed by atoms with Crippen LogP contribution >= 0.6 is 0 Å². The van der Waals surface area contributed by atoms with Crippen LogP contribution in [0.4, 0.5) is 0 Å². The highest BCUT2D eigenvalue weighted by Crippen LogP contribution is 2.05. The van der Waals surface area contributed by atoms with Crippen LogP contribution in [-0.2, 0) is 9.53 Å². The van der Waals surface area contributed by atoms with Crippen LogP contribution in [0.5, 0.6) is 0 Å². The Labute approximate surface area is 139 Å². The molecule has 0 aliphatic rings. The molecule has 0 heterocycles. The maximum atomic E-state index is 12.0. The molecule has 3 nitrogen and oxygen atoms in total. The van der Waals surface area contributed by atoms with Gasteiger partial charge in [-0.15, -0.1) is 0 Å². The Kier molecular flexibility index (Phi) is 8.40. The molecular formula is C20H25NO2. The Morgan fingerprint density at radius 3 is 2.57 bits per heavy atom. The second-order valence-corrected chi connectivity index (χ2v) is 5.37. The number of rotatable bonds is 8. The van der Waals surface area contributed by atoms with Crippen LogP contribution in [0.2, 0.25) is 0 Å². The fraction of sp³-hybridized carbons (Fsp3) is 0.250. The van der Waals surface area contributed by atoms with Crippen molar-refractivity contribution in [1.29, 1.82) is 0 Å². The summed E-state index contributed by atoms with van der Waals surface area (Å²) in [6.45, 7) is 5.71. The average molecular weight is 311 g/mol. The number of hydrogen-bond acceptors (Lipinski definition) is 3. The number of allylic oxidation sites excluding steroid dienone is 4. The van der Waals surface area contributed by atoms with Gasteiger partial charge in [0.2, 0.25) is 0 Å². The number of esters is 1. The molecule has 3 heteroatoms. The number of likely N-dealkylation sites (N-methyl/N-ethyl adjacent to an activating group) is 1. The van der Waals surface area contributed by atoms with E-state index in [1.807, 2.05) is 73.6 Å². The molecule has 0 aliphatic heterocycles. The second kappa shape index (κ2) is 10.4. The molecule has 0 aliphatic carbocycles. The molecule has 0 saturated carbocycles. The SMILES string of the molecule is C=CC=CC(COC(=O)C(C)=CC=Cc1ccccc1)N(C)C. The summed E-state index contributed by atoms with van der Waals surface area (Å²) in [5, 5.41) is 0. The Hall–Kier alpha value is -2.39. The van der Waals surface area contributed by atoms with Crippen molar-refractivity contribution < 1.29 is 9.53 Å². The van der Waals surface area contributed by atoms with Crippen LogP contribution in [0.1, 0.15) is 12.5 Å². The molecular weight excluding hydrogens is 286 g/mol. The van der Waals surface area contributed by atoms with Crippen molar-refractivity contribution in [3.63, 3.8) is 0 Å². The van der Waals surface area contributed by atoms with Crippen molar-refractivity contribution in [2.75, 3.05) is 20.7 Å². The van der Waals surface area contributed by atoms with Gasteiger partial charge in [-0.1, -0.05) is 73.4 Å². The molecule has 23 heavy (non-hydrogen) atoms. The van der Waals surface area contributed by atoms with E-state index in [0.717, 1.165) is 5.56 Å². The molecule has 1 aromatic rings. The van der Waals surface area contributed by atoms with Gasteiger partial charge in [-0.25, -0.2) is 4.79 Å². The van der Waals surface area contributed by atoms with E-state index in [1.54, 1.807) is 19.1 Å². The molecule has 0 fully saturated rings. The molecule has 0 bridgehead atoms. The van der Waals surface area contributed by atoms with E-state index < -0.39 is 0 Å². The van der Waals surface area contributed by atoms with E-state index in [-0.39, 0.29) is 12.0 Å².